The largest absolute Gasteiger partial charge is 0.496 e. The number of nitrogens with one attached hydrogen (secondary N) is 1. The fraction of sp³-hybridized carbons (Fsp3) is 0.143. The van der Waals surface area contributed by atoms with E-state index in [4.69, 9.17) is 4.74 Å². The molecule has 4 aromatic rings. The number of rotatable bonds is 6. The molecule has 6 heteroatoms. The Balaban J connectivity index is 1.73. The summed E-state index contributed by atoms with van der Waals surface area (Å²) in [6.45, 7) is -0.0288. The molecule has 0 amide bonds. The van der Waals surface area contributed by atoms with Crippen molar-refractivity contribution in [3.63, 3.8) is 0 Å². The van der Waals surface area contributed by atoms with Crippen molar-refractivity contribution in [2.45, 2.75) is 6.04 Å². The molecule has 0 bridgehead atoms. The van der Waals surface area contributed by atoms with E-state index in [9.17, 15) is 5.11 Å². The van der Waals surface area contributed by atoms with Gasteiger partial charge in [-0.1, -0.05) is 42.5 Å². The summed E-state index contributed by atoms with van der Waals surface area (Å²) in [7, 11) is 1.67. The van der Waals surface area contributed by atoms with Crippen molar-refractivity contribution in [3.8, 4) is 16.2 Å². The molecule has 27 heavy (non-hydrogen) atoms. The average molecular weight is 377 g/mol. The van der Waals surface area contributed by atoms with Gasteiger partial charge in [0.2, 0.25) is 0 Å². The minimum absolute atomic E-state index is 0.0288. The van der Waals surface area contributed by atoms with Crippen LogP contribution in [0.4, 0.5) is 5.82 Å². The van der Waals surface area contributed by atoms with Crippen LogP contribution in [0.25, 0.3) is 20.7 Å². The number of methoxy groups -OCH3 is 1. The molecular formula is C21H19N3O2S. The monoisotopic (exact) mass is 377 g/mol. The van der Waals surface area contributed by atoms with Crippen molar-refractivity contribution in [3.05, 3.63) is 72.6 Å². The summed E-state index contributed by atoms with van der Waals surface area (Å²) >= 11 is 1.59. The third kappa shape index (κ3) is 3.49. The third-order valence-electron chi connectivity index (χ3n) is 4.40. The predicted octanol–water partition coefficient (Wildman–Crippen LogP) is 4.51. The maximum Gasteiger partial charge on any atom is 0.138 e. The second-order valence-corrected chi connectivity index (χ2v) is 7.07. The van der Waals surface area contributed by atoms with Gasteiger partial charge < -0.3 is 15.2 Å². The van der Waals surface area contributed by atoms with Crippen LogP contribution in [-0.4, -0.2) is 28.8 Å². The fourth-order valence-corrected chi connectivity index (χ4v) is 4.07. The SMILES string of the molecule is COc1ccccc1-c1cc2c(N[C@@H](CO)c3ccccc3)ncnc2s1. The summed E-state index contributed by atoms with van der Waals surface area (Å²) in [6, 6.07) is 19.6. The lowest BCUT2D eigenvalue weighted by molar-refractivity contribution is 0.276. The van der Waals surface area contributed by atoms with E-state index in [1.54, 1.807) is 24.8 Å². The minimum atomic E-state index is -0.237. The summed E-state index contributed by atoms with van der Waals surface area (Å²) in [5, 5.41) is 14.1. The van der Waals surface area contributed by atoms with Gasteiger partial charge >= 0.3 is 0 Å². The van der Waals surface area contributed by atoms with Crippen molar-refractivity contribution in [2.75, 3.05) is 19.0 Å². The number of benzene rings is 2. The Morgan fingerprint density at radius 1 is 1.07 bits per heavy atom. The number of nitrogens with zero attached hydrogens (tertiary/aromatic N) is 2. The molecule has 0 spiro atoms. The van der Waals surface area contributed by atoms with Crippen LogP contribution in [0.2, 0.25) is 0 Å². The van der Waals surface area contributed by atoms with Gasteiger partial charge in [-0.05, 0) is 23.8 Å². The van der Waals surface area contributed by atoms with Gasteiger partial charge in [-0.15, -0.1) is 11.3 Å². The van der Waals surface area contributed by atoms with Crippen LogP contribution in [0, 0.1) is 0 Å². The van der Waals surface area contributed by atoms with E-state index in [0.29, 0.717) is 5.82 Å². The summed E-state index contributed by atoms with van der Waals surface area (Å²) in [5.74, 6) is 1.53. The molecule has 2 aromatic carbocycles. The molecule has 2 heterocycles. The Morgan fingerprint density at radius 2 is 1.85 bits per heavy atom. The number of aromatic nitrogens is 2. The van der Waals surface area contributed by atoms with E-state index in [1.807, 2.05) is 54.6 Å². The zero-order chi connectivity index (χ0) is 18.6. The summed E-state index contributed by atoms with van der Waals surface area (Å²) in [4.78, 5) is 10.8. The normalized spacial score (nSPS) is 12.1. The number of aliphatic hydroxyl groups excluding tert-OH is 1. The average Bonchev–Trinajstić information content (AvgIpc) is 3.17. The number of aliphatic hydroxyl groups is 1. The van der Waals surface area contributed by atoms with Gasteiger partial charge in [-0.2, -0.15) is 0 Å². The van der Waals surface area contributed by atoms with Crippen molar-refractivity contribution >= 4 is 27.4 Å². The summed E-state index contributed by atoms with van der Waals surface area (Å²) in [5.41, 5.74) is 2.03. The lowest BCUT2D eigenvalue weighted by atomic mass is 10.1. The number of ether oxygens (including phenoxy) is 1. The molecule has 136 valence electrons. The number of para-hydroxylation sites is 1. The molecule has 0 radical (unpaired) electrons. The highest BCUT2D eigenvalue weighted by Crippen LogP contribution is 2.39. The molecule has 0 fully saturated rings. The molecule has 0 unspecified atom stereocenters. The molecule has 5 nitrogen and oxygen atoms in total. The molecule has 0 aliphatic rings. The van der Waals surface area contributed by atoms with Crippen LogP contribution in [0.1, 0.15) is 11.6 Å². The first-order valence-electron chi connectivity index (χ1n) is 8.60. The Bertz CT molecular complexity index is 1050. The molecule has 2 aromatic heterocycles. The predicted molar refractivity (Wildman–Crippen MR) is 109 cm³/mol. The molecule has 0 aliphatic heterocycles. The maximum atomic E-state index is 9.84. The highest BCUT2D eigenvalue weighted by molar-refractivity contribution is 7.22. The zero-order valence-corrected chi connectivity index (χ0v) is 15.6. The second-order valence-electron chi connectivity index (χ2n) is 6.04. The minimum Gasteiger partial charge on any atom is -0.496 e. The van der Waals surface area contributed by atoms with Gasteiger partial charge in [0.05, 0.1) is 25.1 Å². The smallest absolute Gasteiger partial charge is 0.138 e. The number of anilines is 1. The van der Waals surface area contributed by atoms with Gasteiger partial charge in [-0.25, -0.2) is 9.97 Å². The number of hydrogen-bond donors (Lipinski definition) is 2. The van der Waals surface area contributed by atoms with E-state index in [2.05, 4.69) is 21.4 Å². The van der Waals surface area contributed by atoms with Gasteiger partial charge in [0.15, 0.2) is 0 Å². The Labute approximate surface area is 161 Å². The highest BCUT2D eigenvalue weighted by Gasteiger charge is 2.16. The maximum absolute atomic E-state index is 9.84. The lowest BCUT2D eigenvalue weighted by Gasteiger charge is -2.17. The van der Waals surface area contributed by atoms with Crippen LogP contribution in [0.15, 0.2) is 67.0 Å². The van der Waals surface area contributed by atoms with Gasteiger partial charge in [0.1, 0.15) is 22.7 Å². The summed E-state index contributed by atoms with van der Waals surface area (Å²) < 4.78 is 5.49. The Kier molecular flexibility index (Phi) is 5.00. The Morgan fingerprint density at radius 3 is 2.63 bits per heavy atom. The second kappa shape index (κ2) is 7.73. The lowest BCUT2D eigenvalue weighted by Crippen LogP contribution is -2.15. The van der Waals surface area contributed by atoms with Crippen LogP contribution in [0.3, 0.4) is 0 Å². The van der Waals surface area contributed by atoms with E-state index >= 15 is 0 Å². The molecule has 0 saturated heterocycles. The molecular weight excluding hydrogens is 358 g/mol. The number of thiophene rings is 1. The molecule has 0 aliphatic carbocycles. The molecule has 1 atom stereocenters. The van der Waals surface area contributed by atoms with Crippen LogP contribution >= 0.6 is 11.3 Å². The van der Waals surface area contributed by atoms with Gasteiger partial charge in [0.25, 0.3) is 0 Å². The van der Waals surface area contributed by atoms with E-state index in [1.165, 1.54) is 0 Å². The fourth-order valence-electron chi connectivity index (χ4n) is 3.04. The first kappa shape index (κ1) is 17.5. The molecule has 0 saturated carbocycles. The van der Waals surface area contributed by atoms with Gasteiger partial charge in [0, 0.05) is 10.4 Å². The highest BCUT2D eigenvalue weighted by atomic mass is 32.1. The first-order chi connectivity index (χ1) is 13.3. The zero-order valence-electron chi connectivity index (χ0n) is 14.8. The van der Waals surface area contributed by atoms with E-state index in [0.717, 1.165) is 32.0 Å². The van der Waals surface area contributed by atoms with Crippen molar-refractivity contribution in [1.82, 2.24) is 9.97 Å². The number of fused-ring (bicyclic) bond motifs is 1. The third-order valence-corrected chi connectivity index (χ3v) is 5.47. The van der Waals surface area contributed by atoms with Crippen molar-refractivity contribution < 1.29 is 9.84 Å². The summed E-state index contributed by atoms with van der Waals surface area (Å²) in [6.07, 6.45) is 1.55. The topological polar surface area (TPSA) is 67.3 Å². The standard InChI is InChI=1S/C21H19N3O2S/c1-26-18-10-6-5-9-15(18)19-11-16-20(22-13-23-21(16)27-19)24-17(12-25)14-7-3-2-4-8-14/h2-11,13,17,25H,12H2,1H3,(H,22,23,24)/t17-/m0/s1. The van der Waals surface area contributed by atoms with E-state index < -0.39 is 0 Å². The quantitative estimate of drug-likeness (QED) is 0.517. The molecule has 2 N–H and O–H groups in total. The first-order valence-corrected chi connectivity index (χ1v) is 9.42. The van der Waals surface area contributed by atoms with Crippen LogP contribution in [0.5, 0.6) is 5.75 Å². The van der Waals surface area contributed by atoms with Crippen LogP contribution < -0.4 is 10.1 Å². The van der Waals surface area contributed by atoms with Gasteiger partial charge in [-0.3, -0.25) is 0 Å². The Hall–Kier alpha value is -2.96. The molecule has 4 rings (SSSR count). The van der Waals surface area contributed by atoms with E-state index in [-0.39, 0.29) is 12.6 Å². The van der Waals surface area contributed by atoms with Crippen LogP contribution in [-0.2, 0) is 0 Å². The van der Waals surface area contributed by atoms with Crippen molar-refractivity contribution in [2.24, 2.45) is 0 Å². The number of hydrogen-bond acceptors (Lipinski definition) is 6. The van der Waals surface area contributed by atoms with Crippen molar-refractivity contribution in [1.29, 1.82) is 0 Å².